The van der Waals surface area contributed by atoms with Crippen molar-refractivity contribution in [3.63, 3.8) is 0 Å². The Kier molecular flexibility index (Phi) is 5.22. The number of aromatic nitrogens is 2. The lowest BCUT2D eigenvalue weighted by molar-refractivity contribution is 0.0549. The van der Waals surface area contributed by atoms with Gasteiger partial charge in [-0.1, -0.05) is 18.2 Å². The molecule has 154 valence electrons. The maximum Gasteiger partial charge on any atom is 0.357 e. The lowest BCUT2D eigenvalue weighted by Crippen LogP contribution is -2.15. The normalized spacial score (nSPS) is 12.6. The maximum atomic E-state index is 14.4. The molecule has 0 fully saturated rings. The fraction of sp³-hybridized carbons (Fsp3) is 0.227. The average molecular weight is 410 g/mol. The Hall–Kier alpha value is -3.68. The number of fused-ring (bicyclic) bond motifs is 1. The van der Waals surface area contributed by atoms with E-state index in [1.165, 1.54) is 31.0 Å². The number of ether oxygens (including phenoxy) is 3. The molecule has 0 bridgehead atoms. The van der Waals surface area contributed by atoms with Gasteiger partial charge in [0.15, 0.2) is 5.69 Å². The highest BCUT2D eigenvalue weighted by Gasteiger charge is 2.33. The highest BCUT2D eigenvalue weighted by molar-refractivity contribution is 6.07. The third-order valence-corrected chi connectivity index (χ3v) is 4.88. The van der Waals surface area contributed by atoms with Crippen molar-refractivity contribution < 1.29 is 28.2 Å². The molecule has 0 aliphatic carbocycles. The van der Waals surface area contributed by atoms with Gasteiger partial charge >= 0.3 is 11.9 Å². The first-order valence-electron chi connectivity index (χ1n) is 9.35. The van der Waals surface area contributed by atoms with Gasteiger partial charge in [0.25, 0.3) is 0 Å². The predicted molar refractivity (Wildman–Crippen MR) is 105 cm³/mol. The molecule has 0 saturated carbocycles. The molecule has 0 unspecified atom stereocenters. The number of esters is 2. The summed E-state index contributed by atoms with van der Waals surface area (Å²) >= 11 is 0. The molecule has 0 amide bonds. The number of carbonyl (C=O) groups is 2. The molecule has 30 heavy (non-hydrogen) atoms. The van der Waals surface area contributed by atoms with Crippen LogP contribution in [-0.2, 0) is 15.9 Å². The van der Waals surface area contributed by atoms with Gasteiger partial charge in [-0.05, 0) is 42.7 Å². The van der Waals surface area contributed by atoms with Crippen molar-refractivity contribution in [2.45, 2.75) is 12.8 Å². The van der Waals surface area contributed by atoms with Gasteiger partial charge < -0.3 is 14.2 Å². The summed E-state index contributed by atoms with van der Waals surface area (Å²) in [5.41, 5.74) is 1.35. The first kappa shape index (κ1) is 19.6. The number of rotatable bonds is 4. The van der Waals surface area contributed by atoms with Gasteiger partial charge in [0.1, 0.15) is 22.8 Å². The third kappa shape index (κ3) is 3.30. The minimum absolute atomic E-state index is 0.0868. The van der Waals surface area contributed by atoms with Gasteiger partial charge in [-0.25, -0.2) is 18.7 Å². The molecule has 0 saturated heterocycles. The molecule has 0 atom stereocenters. The van der Waals surface area contributed by atoms with Crippen LogP contribution in [0.15, 0.2) is 42.5 Å². The fourth-order valence-corrected chi connectivity index (χ4v) is 3.56. The van der Waals surface area contributed by atoms with Crippen LogP contribution in [0.4, 0.5) is 4.39 Å². The van der Waals surface area contributed by atoms with Crippen molar-refractivity contribution in [2.24, 2.45) is 0 Å². The number of benzene rings is 2. The second-order valence-corrected chi connectivity index (χ2v) is 6.70. The molecule has 0 spiro atoms. The Morgan fingerprint density at radius 1 is 1.10 bits per heavy atom. The van der Waals surface area contributed by atoms with Crippen molar-refractivity contribution >= 4 is 11.9 Å². The Labute approximate surface area is 172 Å². The van der Waals surface area contributed by atoms with E-state index in [2.05, 4.69) is 5.10 Å². The highest BCUT2D eigenvalue weighted by atomic mass is 19.1. The minimum Gasteiger partial charge on any atom is -0.493 e. The largest absolute Gasteiger partial charge is 0.493 e. The molecule has 8 heteroatoms. The van der Waals surface area contributed by atoms with Crippen LogP contribution in [0.25, 0.3) is 16.9 Å². The zero-order chi connectivity index (χ0) is 21.3. The van der Waals surface area contributed by atoms with E-state index in [0.717, 1.165) is 6.42 Å². The van der Waals surface area contributed by atoms with Crippen LogP contribution in [-0.4, -0.2) is 42.5 Å². The van der Waals surface area contributed by atoms with Gasteiger partial charge in [-0.3, -0.25) is 0 Å². The molecule has 1 aliphatic rings. The molecule has 2 heterocycles. The molecule has 4 rings (SSSR count). The number of hydrogen-bond donors (Lipinski definition) is 0. The molecular formula is C22H19FN2O5. The molecule has 3 aromatic rings. The SMILES string of the molecule is COC(=O)c1c(-c2cc(F)cc3c2OCCC3)nn(-c2ccccc2)c1C(=O)OC. The van der Waals surface area contributed by atoms with Crippen molar-refractivity contribution in [3.05, 3.63) is 65.1 Å². The number of aryl methyl sites for hydroxylation is 1. The Morgan fingerprint density at radius 3 is 2.53 bits per heavy atom. The summed E-state index contributed by atoms with van der Waals surface area (Å²) in [5, 5.41) is 4.51. The number of halogens is 1. The van der Waals surface area contributed by atoms with Gasteiger partial charge in [-0.2, -0.15) is 5.10 Å². The van der Waals surface area contributed by atoms with Crippen molar-refractivity contribution in [1.29, 1.82) is 0 Å². The van der Waals surface area contributed by atoms with E-state index < -0.39 is 17.8 Å². The number of hydrogen-bond acceptors (Lipinski definition) is 6. The van der Waals surface area contributed by atoms with E-state index in [1.54, 1.807) is 24.3 Å². The lowest BCUT2D eigenvalue weighted by atomic mass is 9.98. The zero-order valence-electron chi connectivity index (χ0n) is 16.5. The van der Waals surface area contributed by atoms with E-state index in [-0.39, 0.29) is 22.5 Å². The summed E-state index contributed by atoms with van der Waals surface area (Å²) in [6.45, 7) is 0.461. The molecule has 1 aromatic heterocycles. The first-order valence-corrected chi connectivity index (χ1v) is 9.35. The fourth-order valence-electron chi connectivity index (χ4n) is 3.56. The van der Waals surface area contributed by atoms with E-state index in [4.69, 9.17) is 14.2 Å². The predicted octanol–water partition coefficient (Wildman–Crippen LogP) is 3.58. The summed E-state index contributed by atoms with van der Waals surface area (Å²) in [6, 6.07) is 11.4. The second kappa shape index (κ2) is 7.98. The molecule has 1 aliphatic heterocycles. The summed E-state index contributed by atoms with van der Waals surface area (Å²) in [6.07, 6.45) is 1.39. The van der Waals surface area contributed by atoms with Gasteiger partial charge in [0.2, 0.25) is 0 Å². The number of nitrogens with zero attached hydrogens (tertiary/aromatic N) is 2. The number of carbonyl (C=O) groups excluding carboxylic acids is 2. The molecule has 0 N–H and O–H groups in total. The van der Waals surface area contributed by atoms with Gasteiger partial charge in [-0.15, -0.1) is 0 Å². The molecule has 0 radical (unpaired) electrons. The smallest absolute Gasteiger partial charge is 0.357 e. The topological polar surface area (TPSA) is 79.7 Å². The van der Waals surface area contributed by atoms with Crippen LogP contribution in [0, 0.1) is 5.82 Å². The summed E-state index contributed by atoms with van der Waals surface area (Å²) in [7, 11) is 2.41. The third-order valence-electron chi connectivity index (χ3n) is 4.88. The first-order chi connectivity index (χ1) is 14.5. The van der Waals surface area contributed by atoms with E-state index in [9.17, 15) is 14.0 Å². The Morgan fingerprint density at radius 2 is 1.83 bits per heavy atom. The Balaban J connectivity index is 2.06. The number of para-hydroxylation sites is 1. The van der Waals surface area contributed by atoms with E-state index in [0.29, 0.717) is 30.0 Å². The van der Waals surface area contributed by atoms with Crippen LogP contribution in [0.5, 0.6) is 5.75 Å². The van der Waals surface area contributed by atoms with E-state index in [1.807, 2.05) is 6.07 Å². The van der Waals surface area contributed by atoms with Gasteiger partial charge in [0.05, 0.1) is 26.5 Å². The minimum atomic E-state index is -0.790. The lowest BCUT2D eigenvalue weighted by Gasteiger charge is -2.20. The van der Waals surface area contributed by atoms with Crippen molar-refractivity contribution in [2.75, 3.05) is 20.8 Å². The molecule has 7 nitrogen and oxygen atoms in total. The van der Waals surface area contributed by atoms with E-state index >= 15 is 0 Å². The second-order valence-electron chi connectivity index (χ2n) is 6.70. The average Bonchev–Trinajstić information content (AvgIpc) is 3.18. The summed E-state index contributed by atoms with van der Waals surface area (Å²) in [4.78, 5) is 25.4. The van der Waals surface area contributed by atoms with Crippen molar-refractivity contribution in [3.8, 4) is 22.7 Å². The van der Waals surface area contributed by atoms with Crippen LogP contribution < -0.4 is 4.74 Å². The van der Waals surface area contributed by atoms with Crippen LogP contribution in [0.3, 0.4) is 0 Å². The van der Waals surface area contributed by atoms with Crippen LogP contribution in [0.1, 0.15) is 32.8 Å². The van der Waals surface area contributed by atoms with Crippen LogP contribution in [0.2, 0.25) is 0 Å². The maximum absolute atomic E-state index is 14.4. The molecular weight excluding hydrogens is 391 g/mol. The van der Waals surface area contributed by atoms with Crippen LogP contribution >= 0.6 is 0 Å². The summed E-state index contributed by atoms with van der Waals surface area (Å²) < 4.78 is 31.3. The quantitative estimate of drug-likeness (QED) is 0.612. The standard InChI is InChI=1S/C22H19FN2O5/c1-28-21(26)17-18(16-12-14(23)11-13-7-6-10-30-20(13)16)24-25(19(17)22(27)29-2)15-8-4-3-5-9-15/h3-5,8-9,11-12H,6-7,10H2,1-2H3. The van der Waals surface area contributed by atoms with Gasteiger partial charge in [0, 0.05) is 5.56 Å². The number of methoxy groups -OCH3 is 2. The monoisotopic (exact) mass is 410 g/mol. The van der Waals surface area contributed by atoms with Crippen molar-refractivity contribution in [1.82, 2.24) is 9.78 Å². The Bertz CT molecular complexity index is 1120. The zero-order valence-corrected chi connectivity index (χ0v) is 16.5. The summed E-state index contributed by atoms with van der Waals surface area (Å²) in [5.74, 6) is -1.61. The highest BCUT2D eigenvalue weighted by Crippen LogP contribution is 2.39. The molecule has 2 aromatic carbocycles.